The maximum atomic E-state index is 4.67. The lowest BCUT2D eigenvalue weighted by Gasteiger charge is -2.22. The van der Waals surface area contributed by atoms with Gasteiger partial charge in [-0.15, -0.1) is 0 Å². The summed E-state index contributed by atoms with van der Waals surface area (Å²) in [7, 11) is 0. The summed E-state index contributed by atoms with van der Waals surface area (Å²) in [6.07, 6.45) is 0. The molecule has 0 radical (unpaired) electrons. The fourth-order valence-electron chi connectivity index (χ4n) is 0.511. The van der Waals surface area contributed by atoms with Gasteiger partial charge >= 0.3 is 0 Å². The summed E-state index contributed by atoms with van der Waals surface area (Å²) in [5, 5.41) is 1.95. The Morgan fingerprint density at radius 2 is 2.00 bits per heavy atom. The first-order valence-electron chi connectivity index (χ1n) is 2.93. The van der Waals surface area contributed by atoms with Crippen LogP contribution in [-0.2, 0) is 12.6 Å². The molecule has 0 saturated carbocycles. The molecule has 0 spiro atoms. The van der Waals surface area contributed by atoms with Gasteiger partial charge in [-0.2, -0.15) is 0 Å². The van der Waals surface area contributed by atoms with Crippen LogP contribution in [0.25, 0.3) is 0 Å². The molecule has 0 saturated heterocycles. The summed E-state index contributed by atoms with van der Waals surface area (Å²) < 4.78 is 0.415. The molecule has 1 N–H and O–H groups in total. The molecule has 0 atom stereocenters. The molecule has 0 aromatic carbocycles. The summed E-state index contributed by atoms with van der Waals surface area (Å²) in [6, 6.07) is 0. The van der Waals surface area contributed by atoms with Gasteiger partial charge < -0.3 is 30.3 Å². The van der Waals surface area contributed by atoms with Crippen molar-refractivity contribution in [2.45, 2.75) is 13.8 Å². The van der Waals surface area contributed by atoms with Gasteiger partial charge in [0, 0.05) is 13.1 Å². The Kier molecular flexibility index (Phi) is 4.94. The number of hydrazine groups is 1. The Labute approximate surface area is 67.0 Å². The average molecular weight is 163 g/mol. The highest BCUT2D eigenvalue weighted by Crippen LogP contribution is 1.79. The van der Waals surface area contributed by atoms with Gasteiger partial charge in [-0.05, 0) is 4.32 Å². The Bertz CT molecular complexity index is 91.0. The van der Waals surface area contributed by atoms with Crippen LogP contribution < -0.4 is 5.43 Å². The first kappa shape index (κ1) is 9.07. The zero-order valence-electron chi connectivity index (χ0n) is 5.68. The molecule has 9 heavy (non-hydrogen) atoms. The molecule has 0 heterocycles. The molecule has 0 aliphatic heterocycles. The molecule has 4 heteroatoms. The van der Waals surface area contributed by atoms with Crippen molar-refractivity contribution in [2.75, 3.05) is 13.1 Å². The van der Waals surface area contributed by atoms with Crippen LogP contribution in [0.4, 0.5) is 0 Å². The third-order valence-corrected chi connectivity index (χ3v) is 1.20. The van der Waals surface area contributed by atoms with E-state index in [4.69, 9.17) is 0 Å². The van der Waals surface area contributed by atoms with E-state index in [2.05, 4.69) is 30.3 Å². The highest BCUT2D eigenvalue weighted by atomic mass is 32.1. The quantitative estimate of drug-likeness (QED) is 0.373. The molecule has 0 rings (SSSR count). The van der Waals surface area contributed by atoms with Crippen molar-refractivity contribution in [1.82, 2.24) is 10.4 Å². The van der Waals surface area contributed by atoms with Crippen LogP contribution in [0.1, 0.15) is 13.8 Å². The van der Waals surface area contributed by atoms with Gasteiger partial charge in [0.15, 0.2) is 0 Å². The normalized spacial score (nSPS) is 9.67. The van der Waals surface area contributed by atoms with Crippen molar-refractivity contribution >= 4 is 29.2 Å². The monoisotopic (exact) mass is 163 g/mol. The van der Waals surface area contributed by atoms with Gasteiger partial charge in [0.05, 0.1) is 0 Å². The Balaban J connectivity index is 3.43. The van der Waals surface area contributed by atoms with Crippen molar-refractivity contribution in [1.29, 1.82) is 0 Å². The molecule has 0 aromatic rings. The van der Waals surface area contributed by atoms with Crippen LogP contribution in [0.5, 0.6) is 0 Å². The Morgan fingerprint density at radius 3 is 2.11 bits per heavy atom. The molecule has 0 amide bonds. The molecular weight excluding hydrogens is 152 g/mol. The molecule has 54 valence electrons. The minimum Gasteiger partial charge on any atom is -0.410 e. The predicted molar refractivity (Wildman–Crippen MR) is 46.0 cm³/mol. The highest BCUT2D eigenvalue weighted by Gasteiger charge is 1.91. The molecule has 0 fully saturated rings. The molecule has 0 unspecified atom stereocenters. The number of hydrogen-bond donors (Lipinski definition) is 1. The summed E-state index contributed by atoms with van der Waals surface area (Å²) in [5.41, 5.74) is 2.86. The van der Waals surface area contributed by atoms with E-state index in [0.717, 1.165) is 13.1 Å². The van der Waals surface area contributed by atoms with Gasteiger partial charge in [-0.1, -0.05) is 13.8 Å². The Hall–Kier alpha value is 0.0700. The minimum absolute atomic E-state index is 0.415. The standard InChI is InChI=1S/C5H12N2S2/c1-3-7(4-2)6-5(8)9/h3-4H2,1-2H3,(H2,6,8,9)/p-1. The first-order chi connectivity index (χ1) is 4.20. The fourth-order valence-corrected chi connectivity index (χ4v) is 0.769. The first-order valence-corrected chi connectivity index (χ1v) is 3.75. The number of rotatable bonds is 3. The van der Waals surface area contributed by atoms with E-state index in [1.54, 1.807) is 0 Å². The van der Waals surface area contributed by atoms with Crippen LogP contribution in [0.3, 0.4) is 0 Å². The largest absolute Gasteiger partial charge is 0.410 e. The van der Waals surface area contributed by atoms with E-state index in [-0.39, 0.29) is 0 Å². The molecular formula is C5H11N2S2-. The SMILES string of the molecule is CCN(CC)NC(=S)[S-]. The second-order valence-corrected chi connectivity index (χ2v) is 2.65. The number of thiocarbonyl (C=S) groups is 1. The summed E-state index contributed by atoms with van der Waals surface area (Å²) in [6.45, 7) is 5.94. The average Bonchev–Trinajstić information content (AvgIpc) is 1.82. The number of nitrogens with one attached hydrogen (secondary N) is 1. The van der Waals surface area contributed by atoms with E-state index in [1.165, 1.54) is 0 Å². The van der Waals surface area contributed by atoms with Crippen LogP contribution in [-0.4, -0.2) is 22.4 Å². The second kappa shape index (κ2) is 4.90. The van der Waals surface area contributed by atoms with Crippen LogP contribution in [0.2, 0.25) is 0 Å². The molecule has 0 aromatic heterocycles. The lowest BCUT2D eigenvalue weighted by molar-refractivity contribution is 0.267. The molecule has 0 aliphatic rings. The summed E-state index contributed by atoms with van der Waals surface area (Å²) >= 11 is 9.33. The molecule has 2 nitrogen and oxygen atoms in total. The van der Waals surface area contributed by atoms with Gasteiger partial charge in [0.25, 0.3) is 0 Å². The predicted octanol–water partition coefficient (Wildman–Crippen LogP) is 0.665. The van der Waals surface area contributed by atoms with Gasteiger partial charge in [0.2, 0.25) is 0 Å². The van der Waals surface area contributed by atoms with Crippen molar-refractivity contribution < 1.29 is 0 Å². The third-order valence-electron chi connectivity index (χ3n) is 1.01. The zero-order valence-corrected chi connectivity index (χ0v) is 7.31. The summed E-state index contributed by atoms with van der Waals surface area (Å²) in [4.78, 5) is 0. The molecule has 0 aliphatic carbocycles. The van der Waals surface area contributed by atoms with Gasteiger partial charge in [-0.25, -0.2) is 5.01 Å². The topological polar surface area (TPSA) is 15.3 Å². The molecule has 0 bridgehead atoms. The van der Waals surface area contributed by atoms with E-state index < -0.39 is 0 Å². The highest BCUT2D eigenvalue weighted by molar-refractivity contribution is 8.00. The minimum atomic E-state index is 0.415. The van der Waals surface area contributed by atoms with E-state index in [9.17, 15) is 0 Å². The van der Waals surface area contributed by atoms with E-state index in [1.807, 2.05) is 18.9 Å². The fraction of sp³-hybridized carbons (Fsp3) is 0.800. The van der Waals surface area contributed by atoms with E-state index in [0.29, 0.717) is 4.32 Å². The van der Waals surface area contributed by atoms with Crippen molar-refractivity contribution in [3.63, 3.8) is 0 Å². The maximum Gasteiger partial charge on any atom is 0.0149 e. The van der Waals surface area contributed by atoms with Crippen molar-refractivity contribution in [2.24, 2.45) is 0 Å². The Morgan fingerprint density at radius 1 is 1.56 bits per heavy atom. The zero-order chi connectivity index (χ0) is 7.28. The van der Waals surface area contributed by atoms with Crippen LogP contribution >= 0.6 is 12.2 Å². The van der Waals surface area contributed by atoms with Gasteiger partial charge in [-0.3, -0.25) is 0 Å². The smallest absolute Gasteiger partial charge is 0.0149 e. The summed E-state index contributed by atoms with van der Waals surface area (Å²) in [5.74, 6) is 0. The second-order valence-electron chi connectivity index (χ2n) is 1.57. The van der Waals surface area contributed by atoms with Gasteiger partial charge in [0.1, 0.15) is 0 Å². The van der Waals surface area contributed by atoms with E-state index >= 15 is 0 Å². The van der Waals surface area contributed by atoms with Crippen LogP contribution in [0.15, 0.2) is 0 Å². The maximum absolute atomic E-state index is 4.67. The van der Waals surface area contributed by atoms with Crippen molar-refractivity contribution in [3.05, 3.63) is 0 Å². The lowest BCUT2D eigenvalue weighted by Crippen LogP contribution is -2.40. The number of hydrogen-bond acceptors (Lipinski definition) is 3. The van der Waals surface area contributed by atoms with Crippen LogP contribution in [0, 0.1) is 0 Å². The lowest BCUT2D eigenvalue weighted by atomic mass is 10.6. The van der Waals surface area contributed by atoms with Crippen molar-refractivity contribution in [3.8, 4) is 0 Å². The third kappa shape index (κ3) is 4.57. The number of nitrogens with zero attached hydrogens (tertiary/aromatic N) is 1.